The molecule has 0 unspecified atom stereocenters. The van der Waals surface area contributed by atoms with Crippen LogP contribution in [0.15, 0.2) is 31.8 Å². The molecule has 0 saturated heterocycles. The van der Waals surface area contributed by atoms with Crippen molar-refractivity contribution in [1.29, 1.82) is 0 Å². The minimum atomic E-state index is -0.360. The first kappa shape index (κ1) is 19.6. The van der Waals surface area contributed by atoms with E-state index in [-0.39, 0.29) is 18.0 Å². The molecule has 27 heavy (non-hydrogen) atoms. The highest BCUT2D eigenvalue weighted by atomic mass is 32.2. The number of hydrogen-bond donors (Lipinski definition) is 1. The Morgan fingerprint density at radius 1 is 1.30 bits per heavy atom. The van der Waals surface area contributed by atoms with E-state index in [0.29, 0.717) is 17.3 Å². The lowest BCUT2D eigenvalue weighted by molar-refractivity contribution is -0.117. The number of hydrogen-bond acceptors (Lipinski definition) is 6. The molecule has 0 bridgehead atoms. The molecule has 0 fully saturated rings. The van der Waals surface area contributed by atoms with Gasteiger partial charge in [0.1, 0.15) is 5.58 Å². The molecule has 0 spiro atoms. The first-order chi connectivity index (χ1) is 12.7. The van der Waals surface area contributed by atoms with Crippen molar-refractivity contribution in [2.24, 2.45) is 5.73 Å². The standard InChI is InChI=1S/C20H22N2O3S2/c1-10(2)14-7-15-13(6-19(24)25-16(15)5-11(14)3)9-26-20-22-12(4)17(27-20)8-18(21)23/h5-7,10H,8-9H2,1-4H3,(H2,21,23). The third-order valence-electron chi connectivity index (χ3n) is 4.40. The number of fused-ring (bicyclic) bond motifs is 1. The quantitative estimate of drug-likeness (QED) is 0.490. The van der Waals surface area contributed by atoms with Gasteiger partial charge in [-0.15, -0.1) is 11.3 Å². The van der Waals surface area contributed by atoms with Gasteiger partial charge in [0.2, 0.25) is 5.91 Å². The molecule has 0 aliphatic carbocycles. The second-order valence-corrected chi connectivity index (χ2v) is 9.18. The van der Waals surface area contributed by atoms with Gasteiger partial charge in [0.15, 0.2) is 4.34 Å². The molecular weight excluding hydrogens is 380 g/mol. The predicted octanol–water partition coefficient (Wildman–Crippen LogP) is 4.31. The normalized spacial score (nSPS) is 11.4. The maximum atomic E-state index is 12.0. The number of amides is 1. The number of thioether (sulfide) groups is 1. The third-order valence-corrected chi connectivity index (χ3v) is 6.75. The first-order valence-electron chi connectivity index (χ1n) is 8.69. The number of carbonyl (C=O) groups excluding carboxylic acids is 1. The number of nitrogens with zero attached hydrogens (tertiary/aromatic N) is 1. The zero-order chi connectivity index (χ0) is 19.7. The minimum Gasteiger partial charge on any atom is -0.423 e. The van der Waals surface area contributed by atoms with Crippen LogP contribution in [-0.4, -0.2) is 10.9 Å². The number of carbonyl (C=O) groups is 1. The SMILES string of the molecule is Cc1cc2oc(=O)cc(CSc3nc(C)c(CC(N)=O)s3)c2cc1C(C)C. The molecule has 0 radical (unpaired) electrons. The fourth-order valence-corrected chi connectivity index (χ4v) is 5.29. The van der Waals surface area contributed by atoms with E-state index >= 15 is 0 Å². The highest BCUT2D eigenvalue weighted by Gasteiger charge is 2.14. The lowest BCUT2D eigenvalue weighted by atomic mass is 9.95. The zero-order valence-electron chi connectivity index (χ0n) is 15.8. The monoisotopic (exact) mass is 402 g/mol. The van der Waals surface area contributed by atoms with Gasteiger partial charge in [-0.1, -0.05) is 25.6 Å². The Balaban J connectivity index is 1.93. The van der Waals surface area contributed by atoms with E-state index in [0.717, 1.165) is 31.4 Å². The second kappa shape index (κ2) is 7.86. The van der Waals surface area contributed by atoms with Gasteiger partial charge in [0.05, 0.1) is 12.1 Å². The maximum absolute atomic E-state index is 12.0. The highest BCUT2D eigenvalue weighted by Crippen LogP contribution is 2.33. The summed E-state index contributed by atoms with van der Waals surface area (Å²) in [7, 11) is 0. The summed E-state index contributed by atoms with van der Waals surface area (Å²) in [5.74, 6) is 0.632. The van der Waals surface area contributed by atoms with Gasteiger partial charge in [-0.3, -0.25) is 4.79 Å². The highest BCUT2D eigenvalue weighted by molar-refractivity contribution is 8.00. The summed E-state index contributed by atoms with van der Waals surface area (Å²) < 4.78 is 6.27. The van der Waals surface area contributed by atoms with Crippen LogP contribution >= 0.6 is 23.1 Å². The van der Waals surface area contributed by atoms with Crippen LogP contribution in [0.5, 0.6) is 0 Å². The number of nitrogens with two attached hydrogens (primary N) is 1. The van der Waals surface area contributed by atoms with E-state index in [1.165, 1.54) is 16.9 Å². The summed E-state index contributed by atoms with van der Waals surface area (Å²) in [4.78, 5) is 28.5. The van der Waals surface area contributed by atoms with Gasteiger partial charge in [0, 0.05) is 22.1 Å². The topological polar surface area (TPSA) is 86.2 Å². The number of rotatable bonds is 6. The third kappa shape index (κ3) is 4.42. The zero-order valence-corrected chi connectivity index (χ0v) is 17.4. The Morgan fingerprint density at radius 2 is 2.04 bits per heavy atom. The molecule has 1 aromatic carbocycles. The van der Waals surface area contributed by atoms with Gasteiger partial charge in [0.25, 0.3) is 0 Å². The minimum absolute atomic E-state index is 0.207. The molecule has 0 aliphatic heterocycles. The molecule has 5 nitrogen and oxygen atoms in total. The molecule has 2 heterocycles. The van der Waals surface area contributed by atoms with Crippen molar-refractivity contribution in [1.82, 2.24) is 4.98 Å². The van der Waals surface area contributed by atoms with Crippen LogP contribution in [0.1, 0.15) is 47.0 Å². The number of benzene rings is 1. The Bertz CT molecular complexity index is 1070. The molecule has 7 heteroatoms. The van der Waals surface area contributed by atoms with Crippen LogP contribution in [0.4, 0.5) is 0 Å². The molecule has 0 saturated carbocycles. The van der Waals surface area contributed by atoms with Crippen molar-refractivity contribution < 1.29 is 9.21 Å². The fraction of sp³-hybridized carbons (Fsp3) is 0.350. The van der Waals surface area contributed by atoms with Crippen LogP contribution in [0.2, 0.25) is 0 Å². The first-order valence-corrected chi connectivity index (χ1v) is 10.5. The molecule has 3 rings (SSSR count). The number of thiazole rings is 1. The molecule has 1 amide bonds. The van der Waals surface area contributed by atoms with Crippen LogP contribution in [-0.2, 0) is 17.0 Å². The summed E-state index contributed by atoms with van der Waals surface area (Å²) in [5, 5.41) is 0.960. The molecule has 2 N–H and O–H groups in total. The van der Waals surface area contributed by atoms with Crippen LogP contribution in [0, 0.1) is 13.8 Å². The van der Waals surface area contributed by atoms with E-state index < -0.39 is 0 Å². The molecule has 2 aromatic heterocycles. The molecule has 0 atom stereocenters. The largest absolute Gasteiger partial charge is 0.423 e. The van der Waals surface area contributed by atoms with Crippen LogP contribution in [0.3, 0.4) is 0 Å². The van der Waals surface area contributed by atoms with Crippen molar-refractivity contribution in [3.63, 3.8) is 0 Å². The lowest BCUT2D eigenvalue weighted by Gasteiger charge is -2.12. The fourth-order valence-electron chi connectivity index (χ4n) is 3.06. The van der Waals surface area contributed by atoms with E-state index in [9.17, 15) is 9.59 Å². The average molecular weight is 403 g/mol. The maximum Gasteiger partial charge on any atom is 0.336 e. The molecule has 142 valence electrons. The Labute approximate surface area is 166 Å². The van der Waals surface area contributed by atoms with Crippen molar-refractivity contribution >= 4 is 40.0 Å². The van der Waals surface area contributed by atoms with Crippen molar-refractivity contribution in [2.75, 3.05) is 0 Å². The summed E-state index contributed by atoms with van der Waals surface area (Å²) in [5.41, 5.74) is 9.68. The summed E-state index contributed by atoms with van der Waals surface area (Å²) >= 11 is 3.03. The van der Waals surface area contributed by atoms with Gasteiger partial charge >= 0.3 is 5.63 Å². The van der Waals surface area contributed by atoms with E-state index in [1.54, 1.807) is 17.8 Å². The van der Waals surface area contributed by atoms with E-state index in [2.05, 4.69) is 24.9 Å². The van der Waals surface area contributed by atoms with Crippen molar-refractivity contribution in [2.45, 2.75) is 50.1 Å². The average Bonchev–Trinajstić information content (AvgIpc) is 2.90. The Hall–Kier alpha value is -2.12. The van der Waals surface area contributed by atoms with Crippen molar-refractivity contribution in [3.8, 4) is 0 Å². The van der Waals surface area contributed by atoms with Gasteiger partial charge in [-0.05, 0) is 48.6 Å². The van der Waals surface area contributed by atoms with Crippen molar-refractivity contribution in [3.05, 3.63) is 55.9 Å². The van der Waals surface area contributed by atoms with E-state index in [4.69, 9.17) is 10.2 Å². The molecular formula is C20H22N2O3S2. The van der Waals surface area contributed by atoms with E-state index in [1.807, 2.05) is 19.9 Å². The molecule has 0 aliphatic rings. The summed E-state index contributed by atoms with van der Waals surface area (Å²) in [6.07, 6.45) is 0.207. The Morgan fingerprint density at radius 3 is 2.70 bits per heavy atom. The predicted molar refractivity (Wildman–Crippen MR) is 111 cm³/mol. The van der Waals surface area contributed by atoms with Crippen LogP contribution in [0.25, 0.3) is 11.0 Å². The van der Waals surface area contributed by atoms with Gasteiger partial charge in [-0.25, -0.2) is 9.78 Å². The summed E-state index contributed by atoms with van der Waals surface area (Å²) in [6.45, 7) is 8.22. The second-order valence-electron chi connectivity index (χ2n) is 6.87. The summed E-state index contributed by atoms with van der Waals surface area (Å²) in [6, 6.07) is 5.62. The number of aromatic nitrogens is 1. The molecule has 3 aromatic rings. The van der Waals surface area contributed by atoms with Crippen LogP contribution < -0.4 is 11.4 Å². The number of aryl methyl sites for hydroxylation is 2. The Kier molecular flexibility index (Phi) is 5.72. The van der Waals surface area contributed by atoms with Gasteiger partial charge < -0.3 is 10.2 Å². The smallest absolute Gasteiger partial charge is 0.336 e. The number of primary amides is 1. The lowest BCUT2D eigenvalue weighted by Crippen LogP contribution is -2.13. The van der Waals surface area contributed by atoms with Gasteiger partial charge in [-0.2, -0.15) is 0 Å².